The SMILES string of the molecule is CCCCCC/C=C(\C)c1nccs1. The average molecular weight is 209 g/mol. The molecule has 1 nitrogen and oxygen atoms in total. The number of aromatic nitrogens is 1. The van der Waals surface area contributed by atoms with Gasteiger partial charge in [0.2, 0.25) is 0 Å². The standard InChI is InChI=1S/C12H19NS/c1-3-4-5-6-7-8-11(2)12-13-9-10-14-12/h8-10H,3-7H2,1-2H3/b11-8+. The summed E-state index contributed by atoms with van der Waals surface area (Å²) in [6.45, 7) is 4.40. The van der Waals surface area contributed by atoms with Crippen molar-refractivity contribution in [2.24, 2.45) is 0 Å². The molecule has 1 heterocycles. The molecule has 1 aromatic rings. The molecule has 0 unspecified atom stereocenters. The summed E-state index contributed by atoms with van der Waals surface area (Å²) in [5, 5.41) is 3.20. The number of allylic oxidation sites excluding steroid dienone is 2. The number of rotatable bonds is 6. The van der Waals surface area contributed by atoms with Gasteiger partial charge in [-0.1, -0.05) is 32.3 Å². The summed E-state index contributed by atoms with van der Waals surface area (Å²) in [5.41, 5.74) is 1.33. The van der Waals surface area contributed by atoms with Crippen LogP contribution < -0.4 is 0 Å². The van der Waals surface area contributed by atoms with Gasteiger partial charge < -0.3 is 0 Å². The molecule has 0 atom stereocenters. The zero-order valence-corrected chi connectivity index (χ0v) is 9.94. The van der Waals surface area contributed by atoms with Gasteiger partial charge in [0, 0.05) is 11.6 Å². The molecule has 0 saturated carbocycles. The highest BCUT2D eigenvalue weighted by Gasteiger charge is 1.96. The van der Waals surface area contributed by atoms with Crippen LogP contribution >= 0.6 is 11.3 Å². The van der Waals surface area contributed by atoms with Crippen molar-refractivity contribution in [3.63, 3.8) is 0 Å². The summed E-state index contributed by atoms with van der Waals surface area (Å²) in [5.74, 6) is 0. The van der Waals surface area contributed by atoms with Crippen molar-refractivity contribution in [1.82, 2.24) is 4.98 Å². The fourth-order valence-electron chi connectivity index (χ4n) is 1.40. The lowest BCUT2D eigenvalue weighted by Gasteiger charge is -1.97. The predicted molar refractivity (Wildman–Crippen MR) is 64.5 cm³/mol. The molecule has 14 heavy (non-hydrogen) atoms. The van der Waals surface area contributed by atoms with Gasteiger partial charge in [0.1, 0.15) is 5.01 Å². The monoisotopic (exact) mass is 209 g/mol. The Morgan fingerprint density at radius 1 is 1.43 bits per heavy atom. The van der Waals surface area contributed by atoms with Crippen LogP contribution in [-0.2, 0) is 0 Å². The number of hydrogen-bond acceptors (Lipinski definition) is 2. The summed E-state index contributed by atoms with van der Waals surface area (Å²) in [7, 11) is 0. The Morgan fingerprint density at radius 2 is 2.29 bits per heavy atom. The molecule has 0 fully saturated rings. The Labute approximate surface area is 90.9 Å². The van der Waals surface area contributed by atoms with Crippen molar-refractivity contribution in [3.05, 3.63) is 22.7 Å². The van der Waals surface area contributed by atoms with E-state index in [0.29, 0.717) is 0 Å². The molecule has 78 valence electrons. The minimum Gasteiger partial charge on any atom is -0.245 e. The van der Waals surface area contributed by atoms with Crippen molar-refractivity contribution in [2.75, 3.05) is 0 Å². The smallest absolute Gasteiger partial charge is 0.118 e. The van der Waals surface area contributed by atoms with Crippen molar-refractivity contribution >= 4 is 16.9 Å². The maximum Gasteiger partial charge on any atom is 0.118 e. The maximum atomic E-state index is 4.28. The first-order chi connectivity index (χ1) is 6.84. The van der Waals surface area contributed by atoms with E-state index >= 15 is 0 Å². The molecule has 0 aliphatic rings. The van der Waals surface area contributed by atoms with Crippen LogP contribution in [0.2, 0.25) is 0 Å². The molecular formula is C12H19NS. The fraction of sp³-hybridized carbons (Fsp3) is 0.583. The Bertz CT molecular complexity index is 262. The van der Waals surface area contributed by atoms with Gasteiger partial charge in [0.05, 0.1) is 0 Å². The second-order valence-electron chi connectivity index (χ2n) is 3.57. The van der Waals surface area contributed by atoms with Crippen molar-refractivity contribution in [2.45, 2.75) is 46.0 Å². The molecule has 0 N–H and O–H groups in total. The third kappa shape index (κ3) is 4.05. The second kappa shape index (κ2) is 6.77. The second-order valence-corrected chi connectivity index (χ2v) is 4.47. The molecule has 1 aromatic heterocycles. The van der Waals surface area contributed by atoms with Crippen LogP contribution in [-0.4, -0.2) is 4.98 Å². The Balaban J connectivity index is 2.24. The lowest BCUT2D eigenvalue weighted by Crippen LogP contribution is -1.78. The van der Waals surface area contributed by atoms with Gasteiger partial charge in [-0.05, 0) is 25.3 Å². The third-order valence-electron chi connectivity index (χ3n) is 2.28. The summed E-state index contributed by atoms with van der Waals surface area (Å²) < 4.78 is 0. The van der Waals surface area contributed by atoms with Crippen LogP contribution in [0, 0.1) is 0 Å². The van der Waals surface area contributed by atoms with Crippen LogP contribution in [0.25, 0.3) is 5.57 Å². The van der Waals surface area contributed by atoms with E-state index in [-0.39, 0.29) is 0 Å². The summed E-state index contributed by atoms with van der Waals surface area (Å²) >= 11 is 1.72. The van der Waals surface area contributed by atoms with Gasteiger partial charge in [-0.25, -0.2) is 4.98 Å². The van der Waals surface area contributed by atoms with Crippen LogP contribution in [0.4, 0.5) is 0 Å². The van der Waals surface area contributed by atoms with E-state index in [9.17, 15) is 0 Å². The highest BCUT2D eigenvalue weighted by atomic mass is 32.1. The van der Waals surface area contributed by atoms with Gasteiger partial charge >= 0.3 is 0 Å². The Hall–Kier alpha value is -0.630. The zero-order valence-electron chi connectivity index (χ0n) is 9.12. The van der Waals surface area contributed by atoms with Crippen molar-refractivity contribution in [3.8, 4) is 0 Å². The third-order valence-corrected chi connectivity index (χ3v) is 3.19. The van der Waals surface area contributed by atoms with E-state index in [1.807, 2.05) is 11.6 Å². The molecule has 0 saturated heterocycles. The Morgan fingerprint density at radius 3 is 2.93 bits per heavy atom. The lowest BCUT2D eigenvalue weighted by molar-refractivity contribution is 0.675. The largest absolute Gasteiger partial charge is 0.245 e. The van der Waals surface area contributed by atoms with Gasteiger partial charge in [0.15, 0.2) is 0 Å². The maximum absolute atomic E-state index is 4.28. The first kappa shape index (κ1) is 11.4. The normalized spacial score (nSPS) is 12.0. The van der Waals surface area contributed by atoms with Crippen molar-refractivity contribution in [1.29, 1.82) is 0 Å². The van der Waals surface area contributed by atoms with Crippen LogP contribution in [0.1, 0.15) is 51.0 Å². The zero-order chi connectivity index (χ0) is 10.2. The molecule has 0 radical (unpaired) electrons. The molecule has 0 amide bonds. The van der Waals surface area contributed by atoms with Gasteiger partial charge in [0.25, 0.3) is 0 Å². The van der Waals surface area contributed by atoms with E-state index in [1.54, 1.807) is 11.3 Å². The van der Waals surface area contributed by atoms with Gasteiger partial charge in [-0.2, -0.15) is 0 Å². The molecule has 0 spiro atoms. The number of thiazole rings is 1. The molecular weight excluding hydrogens is 190 g/mol. The van der Waals surface area contributed by atoms with E-state index in [0.717, 1.165) is 0 Å². The predicted octanol–water partition coefficient (Wildman–Crippen LogP) is 4.52. The highest BCUT2D eigenvalue weighted by Crippen LogP contribution is 2.17. The van der Waals surface area contributed by atoms with E-state index in [1.165, 1.54) is 42.7 Å². The lowest BCUT2D eigenvalue weighted by atomic mass is 10.1. The van der Waals surface area contributed by atoms with E-state index in [4.69, 9.17) is 0 Å². The van der Waals surface area contributed by atoms with Crippen LogP contribution in [0.15, 0.2) is 17.7 Å². The van der Waals surface area contributed by atoms with Crippen molar-refractivity contribution < 1.29 is 0 Å². The topological polar surface area (TPSA) is 12.9 Å². The summed E-state index contributed by atoms with van der Waals surface area (Å²) in [4.78, 5) is 4.28. The van der Waals surface area contributed by atoms with E-state index in [2.05, 4.69) is 24.9 Å². The first-order valence-corrected chi connectivity index (χ1v) is 6.29. The van der Waals surface area contributed by atoms with E-state index < -0.39 is 0 Å². The van der Waals surface area contributed by atoms with Crippen LogP contribution in [0.3, 0.4) is 0 Å². The fourth-order valence-corrected chi connectivity index (χ4v) is 2.04. The molecule has 0 aliphatic heterocycles. The molecule has 0 aromatic carbocycles. The molecule has 0 aliphatic carbocycles. The average Bonchev–Trinajstić information content (AvgIpc) is 2.70. The van der Waals surface area contributed by atoms with Crippen LogP contribution in [0.5, 0.6) is 0 Å². The number of nitrogens with zero attached hydrogens (tertiary/aromatic N) is 1. The summed E-state index contributed by atoms with van der Waals surface area (Å²) in [6, 6.07) is 0. The quantitative estimate of drug-likeness (QED) is 0.628. The number of hydrogen-bond donors (Lipinski definition) is 0. The highest BCUT2D eigenvalue weighted by molar-refractivity contribution is 7.10. The molecule has 0 bridgehead atoms. The first-order valence-electron chi connectivity index (χ1n) is 5.41. The van der Waals surface area contributed by atoms with Gasteiger partial charge in [-0.3, -0.25) is 0 Å². The summed E-state index contributed by atoms with van der Waals surface area (Å²) in [6.07, 6.45) is 10.7. The number of unbranched alkanes of at least 4 members (excludes halogenated alkanes) is 4. The molecule has 1 rings (SSSR count). The molecule has 2 heteroatoms. The minimum absolute atomic E-state index is 1.17. The minimum atomic E-state index is 1.17. The van der Waals surface area contributed by atoms with Gasteiger partial charge in [-0.15, -0.1) is 11.3 Å². The Kier molecular flexibility index (Phi) is 5.53.